The summed E-state index contributed by atoms with van der Waals surface area (Å²) in [6.45, 7) is 1.91. The molecular formula is C9H12ClF3N4. The van der Waals surface area contributed by atoms with Gasteiger partial charge in [0.1, 0.15) is 11.0 Å². The van der Waals surface area contributed by atoms with E-state index in [9.17, 15) is 13.2 Å². The first-order valence-corrected chi connectivity index (χ1v) is 5.31. The van der Waals surface area contributed by atoms with Crippen LogP contribution < -0.4 is 10.6 Å². The minimum Gasteiger partial charge on any atom is -0.368 e. The maximum atomic E-state index is 12.1. The molecule has 1 rings (SSSR count). The molecule has 0 spiro atoms. The van der Waals surface area contributed by atoms with Crippen molar-refractivity contribution in [2.24, 2.45) is 0 Å². The van der Waals surface area contributed by atoms with Crippen molar-refractivity contribution in [2.75, 3.05) is 23.7 Å². The second-order valence-corrected chi connectivity index (χ2v) is 3.74. The molecule has 0 aromatic carbocycles. The Bertz CT molecular complexity index is 363. The van der Waals surface area contributed by atoms with Crippen LogP contribution in [0.15, 0.2) is 6.07 Å². The lowest BCUT2D eigenvalue weighted by Crippen LogP contribution is -2.28. The van der Waals surface area contributed by atoms with E-state index in [-0.39, 0.29) is 17.6 Å². The third-order valence-electron chi connectivity index (χ3n) is 2.07. The Morgan fingerprint density at radius 1 is 1.41 bits per heavy atom. The fourth-order valence-corrected chi connectivity index (χ4v) is 1.47. The van der Waals surface area contributed by atoms with Crippen molar-refractivity contribution in [3.63, 3.8) is 0 Å². The van der Waals surface area contributed by atoms with Gasteiger partial charge in [0.25, 0.3) is 0 Å². The molecule has 0 aliphatic carbocycles. The van der Waals surface area contributed by atoms with Gasteiger partial charge in [0.15, 0.2) is 0 Å². The smallest absolute Gasteiger partial charge is 0.368 e. The summed E-state index contributed by atoms with van der Waals surface area (Å²) < 4.78 is 36.3. The highest BCUT2D eigenvalue weighted by molar-refractivity contribution is 6.29. The summed E-state index contributed by atoms with van der Waals surface area (Å²) in [5, 5.41) is 0.109. The van der Waals surface area contributed by atoms with Crippen LogP contribution in [0.5, 0.6) is 0 Å². The SMILES string of the molecule is CCN(CCC(F)(F)F)c1cc(Cl)nc(N)n1. The van der Waals surface area contributed by atoms with Gasteiger partial charge in [-0.1, -0.05) is 11.6 Å². The summed E-state index contributed by atoms with van der Waals surface area (Å²) in [5.41, 5.74) is 5.38. The molecule has 1 heterocycles. The Hall–Kier alpha value is -1.24. The molecular weight excluding hydrogens is 257 g/mol. The van der Waals surface area contributed by atoms with Crippen LogP contribution in [0.25, 0.3) is 0 Å². The molecule has 2 N–H and O–H groups in total. The van der Waals surface area contributed by atoms with Crippen LogP contribution in [0.2, 0.25) is 5.15 Å². The zero-order chi connectivity index (χ0) is 13.1. The van der Waals surface area contributed by atoms with Crippen LogP contribution >= 0.6 is 11.6 Å². The first kappa shape index (κ1) is 13.8. The zero-order valence-electron chi connectivity index (χ0n) is 9.13. The number of anilines is 2. The maximum absolute atomic E-state index is 12.1. The van der Waals surface area contributed by atoms with E-state index < -0.39 is 12.6 Å². The molecule has 4 nitrogen and oxygen atoms in total. The molecule has 0 saturated carbocycles. The Morgan fingerprint density at radius 2 is 2.06 bits per heavy atom. The summed E-state index contributed by atoms with van der Waals surface area (Å²) in [6, 6.07) is 1.39. The standard InChI is InChI=1S/C9H12ClF3N4/c1-2-17(4-3-9(11,12)13)7-5-6(10)15-8(14)16-7/h5H,2-4H2,1H3,(H2,14,15,16). The predicted octanol–water partition coefficient (Wildman–Crippen LogP) is 2.49. The van der Waals surface area contributed by atoms with Crippen molar-refractivity contribution in [2.45, 2.75) is 19.5 Å². The van der Waals surface area contributed by atoms with Crippen molar-refractivity contribution < 1.29 is 13.2 Å². The van der Waals surface area contributed by atoms with E-state index >= 15 is 0 Å². The zero-order valence-corrected chi connectivity index (χ0v) is 9.89. The lowest BCUT2D eigenvalue weighted by molar-refractivity contribution is -0.132. The van der Waals surface area contributed by atoms with Crippen molar-refractivity contribution in [1.29, 1.82) is 0 Å². The molecule has 0 fully saturated rings. The number of alkyl halides is 3. The van der Waals surface area contributed by atoms with Gasteiger partial charge in [-0.25, -0.2) is 4.98 Å². The van der Waals surface area contributed by atoms with E-state index in [0.717, 1.165) is 0 Å². The quantitative estimate of drug-likeness (QED) is 0.853. The molecule has 1 aromatic heterocycles. The number of halogens is 4. The van der Waals surface area contributed by atoms with E-state index in [1.807, 2.05) is 0 Å². The number of hydrogen-bond acceptors (Lipinski definition) is 4. The highest BCUT2D eigenvalue weighted by atomic mass is 35.5. The number of nitrogen functional groups attached to an aromatic ring is 1. The number of aromatic nitrogens is 2. The number of nitrogens with zero attached hydrogens (tertiary/aromatic N) is 3. The van der Waals surface area contributed by atoms with Crippen molar-refractivity contribution in [3.8, 4) is 0 Å². The minimum absolute atomic E-state index is 0.0574. The maximum Gasteiger partial charge on any atom is 0.390 e. The average Bonchev–Trinajstić information content (AvgIpc) is 2.15. The molecule has 96 valence electrons. The van der Waals surface area contributed by atoms with Gasteiger partial charge in [-0.05, 0) is 6.92 Å². The van der Waals surface area contributed by atoms with Crippen LogP contribution in [0.3, 0.4) is 0 Å². The fourth-order valence-electron chi connectivity index (χ4n) is 1.28. The normalized spacial score (nSPS) is 11.6. The van der Waals surface area contributed by atoms with E-state index in [2.05, 4.69) is 9.97 Å². The summed E-state index contributed by atoms with van der Waals surface area (Å²) >= 11 is 5.66. The van der Waals surface area contributed by atoms with Crippen LogP contribution in [0.1, 0.15) is 13.3 Å². The molecule has 0 saturated heterocycles. The Balaban J connectivity index is 2.79. The second-order valence-electron chi connectivity index (χ2n) is 3.35. The molecule has 17 heavy (non-hydrogen) atoms. The highest BCUT2D eigenvalue weighted by Crippen LogP contribution is 2.22. The Labute approximate surface area is 102 Å². The minimum atomic E-state index is -4.20. The van der Waals surface area contributed by atoms with Crippen molar-refractivity contribution in [1.82, 2.24) is 9.97 Å². The first-order valence-electron chi connectivity index (χ1n) is 4.93. The third kappa shape index (κ3) is 4.64. The van der Waals surface area contributed by atoms with Gasteiger partial charge in [-0.2, -0.15) is 18.2 Å². The van der Waals surface area contributed by atoms with Crippen LogP contribution in [0, 0.1) is 0 Å². The lowest BCUT2D eigenvalue weighted by atomic mass is 10.3. The van der Waals surface area contributed by atoms with E-state index in [4.69, 9.17) is 17.3 Å². The summed E-state index contributed by atoms with van der Waals surface area (Å²) in [6.07, 6.45) is -5.11. The van der Waals surface area contributed by atoms with Gasteiger partial charge >= 0.3 is 6.18 Å². The van der Waals surface area contributed by atoms with E-state index in [0.29, 0.717) is 12.4 Å². The monoisotopic (exact) mass is 268 g/mol. The van der Waals surface area contributed by atoms with Crippen LogP contribution in [-0.2, 0) is 0 Å². The summed E-state index contributed by atoms with van der Waals surface area (Å²) in [4.78, 5) is 8.93. The fraction of sp³-hybridized carbons (Fsp3) is 0.556. The highest BCUT2D eigenvalue weighted by Gasteiger charge is 2.27. The number of rotatable bonds is 4. The van der Waals surface area contributed by atoms with E-state index in [1.54, 1.807) is 6.92 Å². The number of nitrogens with two attached hydrogens (primary N) is 1. The Morgan fingerprint density at radius 3 is 2.53 bits per heavy atom. The molecule has 1 aromatic rings. The topological polar surface area (TPSA) is 55.0 Å². The van der Waals surface area contributed by atoms with Gasteiger partial charge in [0.05, 0.1) is 6.42 Å². The lowest BCUT2D eigenvalue weighted by Gasteiger charge is -2.22. The molecule has 0 aliphatic rings. The molecule has 8 heteroatoms. The van der Waals surface area contributed by atoms with Gasteiger partial charge in [0.2, 0.25) is 5.95 Å². The van der Waals surface area contributed by atoms with Gasteiger partial charge in [0, 0.05) is 19.2 Å². The predicted molar refractivity (Wildman–Crippen MR) is 60.0 cm³/mol. The third-order valence-corrected chi connectivity index (χ3v) is 2.26. The van der Waals surface area contributed by atoms with Crippen molar-refractivity contribution in [3.05, 3.63) is 11.2 Å². The van der Waals surface area contributed by atoms with Gasteiger partial charge < -0.3 is 10.6 Å². The Kier molecular flexibility index (Phi) is 4.39. The largest absolute Gasteiger partial charge is 0.390 e. The molecule has 0 unspecified atom stereocenters. The molecule has 0 aliphatic heterocycles. The second kappa shape index (κ2) is 5.39. The molecule has 0 atom stereocenters. The molecule has 0 bridgehead atoms. The number of hydrogen-bond donors (Lipinski definition) is 1. The van der Waals surface area contributed by atoms with Crippen LogP contribution in [-0.4, -0.2) is 29.2 Å². The summed E-state index contributed by atoms with van der Waals surface area (Å²) in [5.74, 6) is 0.243. The molecule has 0 amide bonds. The van der Waals surface area contributed by atoms with Gasteiger partial charge in [-0.3, -0.25) is 0 Å². The first-order chi connectivity index (χ1) is 7.81. The van der Waals surface area contributed by atoms with Crippen LogP contribution in [0.4, 0.5) is 24.9 Å². The van der Waals surface area contributed by atoms with Gasteiger partial charge in [-0.15, -0.1) is 0 Å². The van der Waals surface area contributed by atoms with Crippen molar-refractivity contribution >= 4 is 23.4 Å². The average molecular weight is 269 g/mol. The molecule has 0 radical (unpaired) electrons. The van der Waals surface area contributed by atoms with E-state index in [1.165, 1.54) is 11.0 Å². The summed E-state index contributed by atoms with van der Waals surface area (Å²) in [7, 11) is 0.